The first-order valence-corrected chi connectivity index (χ1v) is 9.11. The first-order valence-electron chi connectivity index (χ1n) is 9.11. The summed E-state index contributed by atoms with van der Waals surface area (Å²) in [6, 6.07) is 5.59. The number of carbonyl (C=O) groups excluding carboxylic acids is 2. The van der Waals surface area contributed by atoms with Crippen molar-refractivity contribution in [1.29, 1.82) is 0 Å². The molecule has 0 spiro atoms. The summed E-state index contributed by atoms with van der Waals surface area (Å²) < 4.78 is 5.05. The Hall–Kier alpha value is -3.55. The fourth-order valence-electron chi connectivity index (χ4n) is 3.81. The molecule has 0 radical (unpaired) electrons. The van der Waals surface area contributed by atoms with Crippen LogP contribution in [0.1, 0.15) is 29.5 Å². The van der Waals surface area contributed by atoms with Gasteiger partial charge in [-0.3, -0.25) is 4.79 Å². The van der Waals surface area contributed by atoms with Crippen LogP contribution in [0.3, 0.4) is 0 Å². The highest BCUT2D eigenvalue weighted by atomic mass is 16.5. The van der Waals surface area contributed by atoms with E-state index in [9.17, 15) is 9.59 Å². The number of benzene rings is 1. The SMILES string of the molecule is Cc1nc(-c2ccc3c(c2)CC[C@H]3NC(=O)C2C=CC3=NC(=O)NC3=C2)no1. The maximum Gasteiger partial charge on any atom is 0.346 e. The molecule has 2 N–H and O–H groups in total. The van der Waals surface area contributed by atoms with Crippen molar-refractivity contribution in [3.63, 3.8) is 0 Å². The number of fused-ring (bicyclic) bond motifs is 2. The zero-order valence-electron chi connectivity index (χ0n) is 15.1. The molecule has 3 amide bonds. The van der Waals surface area contributed by atoms with Gasteiger partial charge in [0.1, 0.15) is 0 Å². The molecule has 8 nitrogen and oxygen atoms in total. The average molecular weight is 375 g/mol. The molecule has 1 aliphatic heterocycles. The number of nitrogens with zero attached hydrogens (tertiary/aromatic N) is 3. The van der Waals surface area contributed by atoms with Crippen molar-refractivity contribution in [3.05, 3.63) is 59.1 Å². The second-order valence-corrected chi connectivity index (χ2v) is 7.04. The second-order valence-electron chi connectivity index (χ2n) is 7.04. The minimum absolute atomic E-state index is 0.0383. The lowest BCUT2D eigenvalue weighted by Crippen LogP contribution is -2.33. The molecule has 8 heteroatoms. The third kappa shape index (κ3) is 2.83. The van der Waals surface area contributed by atoms with Crippen molar-refractivity contribution in [1.82, 2.24) is 20.8 Å². The topological polar surface area (TPSA) is 109 Å². The predicted octanol–water partition coefficient (Wildman–Crippen LogP) is 2.38. The molecule has 0 bridgehead atoms. The van der Waals surface area contributed by atoms with E-state index < -0.39 is 11.9 Å². The first kappa shape index (κ1) is 16.6. The zero-order valence-corrected chi connectivity index (χ0v) is 15.1. The summed E-state index contributed by atoms with van der Waals surface area (Å²) in [6.45, 7) is 1.76. The third-order valence-corrected chi connectivity index (χ3v) is 5.17. The standard InChI is InChI=1S/C20H17N5O3/c1-10-21-18(25-28-10)12-2-5-14-11(8-12)3-6-15(14)22-19(26)13-4-7-16-17(9-13)24-20(27)23-16/h2,4-5,7-9,13,15H,3,6H2,1H3,(H,22,26)(H,24,27)/t13?,15-/m1/s1. The minimum atomic E-state index is -0.432. The van der Waals surface area contributed by atoms with Gasteiger partial charge >= 0.3 is 6.03 Å². The van der Waals surface area contributed by atoms with Crippen LogP contribution in [-0.2, 0) is 11.2 Å². The Morgan fingerprint density at radius 3 is 3.07 bits per heavy atom. The molecule has 3 aliphatic rings. The molecular weight excluding hydrogens is 358 g/mol. The molecule has 2 heterocycles. The Labute approximate surface area is 160 Å². The molecule has 1 unspecified atom stereocenters. The van der Waals surface area contributed by atoms with Gasteiger partial charge in [0.25, 0.3) is 0 Å². The number of aromatic nitrogens is 2. The summed E-state index contributed by atoms with van der Waals surface area (Å²) in [5, 5.41) is 9.73. The van der Waals surface area contributed by atoms with Gasteiger partial charge in [0.15, 0.2) is 0 Å². The minimum Gasteiger partial charge on any atom is -0.348 e. The number of amides is 3. The van der Waals surface area contributed by atoms with Gasteiger partial charge in [-0.15, -0.1) is 0 Å². The van der Waals surface area contributed by atoms with Gasteiger partial charge < -0.3 is 15.2 Å². The van der Waals surface area contributed by atoms with Crippen LogP contribution in [0, 0.1) is 12.8 Å². The van der Waals surface area contributed by atoms with Crippen LogP contribution >= 0.6 is 0 Å². The predicted molar refractivity (Wildman–Crippen MR) is 100 cm³/mol. The van der Waals surface area contributed by atoms with Gasteiger partial charge in [-0.25, -0.2) is 4.79 Å². The monoisotopic (exact) mass is 375 g/mol. The lowest BCUT2D eigenvalue weighted by Gasteiger charge is -2.19. The van der Waals surface area contributed by atoms with E-state index in [1.165, 1.54) is 5.56 Å². The number of nitrogens with one attached hydrogen (secondary N) is 2. The molecule has 5 rings (SSSR count). The van der Waals surface area contributed by atoms with Crippen LogP contribution in [0.2, 0.25) is 0 Å². The Balaban J connectivity index is 1.32. The van der Waals surface area contributed by atoms with Crippen molar-refractivity contribution in [3.8, 4) is 11.4 Å². The number of aryl methyl sites for hydroxylation is 2. The highest BCUT2D eigenvalue weighted by Crippen LogP contribution is 2.34. The number of carbonyl (C=O) groups is 2. The molecular formula is C20H17N5O3. The summed E-state index contributed by atoms with van der Waals surface area (Å²) in [4.78, 5) is 32.2. The molecule has 1 aromatic heterocycles. The lowest BCUT2D eigenvalue weighted by atomic mass is 9.98. The summed E-state index contributed by atoms with van der Waals surface area (Å²) >= 11 is 0. The van der Waals surface area contributed by atoms with Gasteiger partial charge in [0.05, 0.1) is 23.4 Å². The second kappa shape index (κ2) is 6.26. The van der Waals surface area contributed by atoms with E-state index in [4.69, 9.17) is 4.52 Å². The smallest absolute Gasteiger partial charge is 0.346 e. The Morgan fingerprint density at radius 1 is 1.36 bits per heavy atom. The number of hydrogen-bond acceptors (Lipinski definition) is 5. The van der Waals surface area contributed by atoms with Crippen LogP contribution in [0.4, 0.5) is 4.79 Å². The van der Waals surface area contributed by atoms with Crippen LogP contribution < -0.4 is 10.6 Å². The molecule has 2 aliphatic carbocycles. The van der Waals surface area contributed by atoms with E-state index in [1.54, 1.807) is 25.2 Å². The van der Waals surface area contributed by atoms with Crippen LogP contribution in [0.15, 0.2) is 51.6 Å². The van der Waals surface area contributed by atoms with Gasteiger partial charge in [0.2, 0.25) is 17.6 Å². The lowest BCUT2D eigenvalue weighted by molar-refractivity contribution is -0.123. The van der Waals surface area contributed by atoms with Gasteiger partial charge in [-0.05, 0) is 42.2 Å². The molecule has 0 saturated heterocycles. The molecule has 28 heavy (non-hydrogen) atoms. The van der Waals surface area contributed by atoms with Crippen LogP contribution in [0.5, 0.6) is 0 Å². The van der Waals surface area contributed by atoms with Crippen molar-refractivity contribution in [2.24, 2.45) is 10.9 Å². The zero-order chi connectivity index (χ0) is 19.3. The largest absolute Gasteiger partial charge is 0.348 e. The van der Waals surface area contributed by atoms with Gasteiger partial charge in [-0.1, -0.05) is 23.4 Å². The maximum atomic E-state index is 12.7. The van der Waals surface area contributed by atoms with E-state index in [2.05, 4.69) is 31.8 Å². The summed E-state index contributed by atoms with van der Waals surface area (Å²) in [5.41, 5.74) is 4.37. The molecule has 140 valence electrons. The summed E-state index contributed by atoms with van der Waals surface area (Å²) in [6.07, 6.45) is 6.91. The van der Waals surface area contributed by atoms with Crippen LogP contribution in [-0.4, -0.2) is 27.8 Å². The Kier molecular flexibility index (Phi) is 3.71. The van der Waals surface area contributed by atoms with E-state index in [0.29, 0.717) is 23.1 Å². The third-order valence-electron chi connectivity index (χ3n) is 5.17. The highest BCUT2D eigenvalue weighted by molar-refractivity contribution is 6.19. The molecule has 0 fully saturated rings. The highest BCUT2D eigenvalue weighted by Gasteiger charge is 2.29. The number of aliphatic imine (C=N–C) groups is 1. The number of urea groups is 1. The van der Waals surface area contributed by atoms with E-state index in [-0.39, 0.29) is 11.9 Å². The van der Waals surface area contributed by atoms with Crippen molar-refractivity contribution >= 4 is 17.6 Å². The Morgan fingerprint density at radius 2 is 2.25 bits per heavy atom. The first-order chi connectivity index (χ1) is 13.6. The van der Waals surface area contributed by atoms with Gasteiger partial charge in [0, 0.05) is 12.5 Å². The quantitative estimate of drug-likeness (QED) is 0.856. The van der Waals surface area contributed by atoms with E-state index in [0.717, 1.165) is 24.0 Å². The fourth-order valence-corrected chi connectivity index (χ4v) is 3.81. The van der Waals surface area contributed by atoms with Crippen LogP contribution in [0.25, 0.3) is 11.4 Å². The number of rotatable bonds is 3. The van der Waals surface area contributed by atoms with Gasteiger partial charge in [-0.2, -0.15) is 9.98 Å². The molecule has 2 aromatic rings. The number of allylic oxidation sites excluding steroid dienone is 1. The average Bonchev–Trinajstić information content (AvgIpc) is 3.38. The normalized spacial score (nSPS) is 22.2. The molecule has 1 aromatic carbocycles. The Bertz CT molecular complexity index is 1100. The number of hydrogen-bond donors (Lipinski definition) is 2. The molecule has 0 saturated carbocycles. The summed E-state index contributed by atoms with van der Waals surface area (Å²) in [7, 11) is 0. The van der Waals surface area contributed by atoms with Crippen molar-refractivity contribution in [2.45, 2.75) is 25.8 Å². The van der Waals surface area contributed by atoms with Crippen molar-refractivity contribution < 1.29 is 14.1 Å². The molecule has 2 atom stereocenters. The fraction of sp³-hybridized carbons (Fsp3) is 0.250. The summed E-state index contributed by atoms with van der Waals surface area (Å²) in [5.74, 6) is 0.572. The van der Waals surface area contributed by atoms with E-state index in [1.807, 2.05) is 12.1 Å². The van der Waals surface area contributed by atoms with E-state index >= 15 is 0 Å². The van der Waals surface area contributed by atoms with Crippen molar-refractivity contribution in [2.75, 3.05) is 0 Å². The maximum absolute atomic E-state index is 12.7.